The molecule has 0 radical (unpaired) electrons. The molecule has 6 heteroatoms. The summed E-state index contributed by atoms with van der Waals surface area (Å²) in [6.07, 6.45) is 3.14. The molecule has 2 aromatic carbocycles. The van der Waals surface area contributed by atoms with Gasteiger partial charge < -0.3 is 19.7 Å². The molecule has 146 valence electrons. The summed E-state index contributed by atoms with van der Waals surface area (Å²) in [5, 5.41) is 2.93. The van der Waals surface area contributed by atoms with Crippen LogP contribution in [0.15, 0.2) is 36.4 Å². The number of hydrogen-bond acceptors (Lipinski definition) is 4. The van der Waals surface area contributed by atoms with Crippen LogP contribution < -0.4 is 19.7 Å². The summed E-state index contributed by atoms with van der Waals surface area (Å²) in [4.78, 5) is 26.4. The first-order chi connectivity index (χ1) is 13.6. The number of carbonyl (C=O) groups is 2. The van der Waals surface area contributed by atoms with Gasteiger partial charge in [-0.1, -0.05) is 0 Å². The third-order valence-corrected chi connectivity index (χ3v) is 5.06. The first-order valence-corrected chi connectivity index (χ1v) is 9.75. The maximum atomic E-state index is 12.3. The first kappa shape index (κ1) is 18.3. The van der Waals surface area contributed by atoms with E-state index in [0.29, 0.717) is 18.8 Å². The van der Waals surface area contributed by atoms with Crippen LogP contribution in [0.1, 0.15) is 30.9 Å². The van der Waals surface area contributed by atoms with Crippen molar-refractivity contribution in [3.63, 3.8) is 0 Å². The maximum absolute atomic E-state index is 12.3. The molecule has 0 spiro atoms. The van der Waals surface area contributed by atoms with E-state index in [0.717, 1.165) is 54.1 Å². The Morgan fingerprint density at radius 2 is 1.71 bits per heavy atom. The second-order valence-electron chi connectivity index (χ2n) is 7.03. The van der Waals surface area contributed by atoms with E-state index in [-0.39, 0.29) is 18.4 Å². The van der Waals surface area contributed by atoms with Gasteiger partial charge in [-0.25, -0.2) is 0 Å². The van der Waals surface area contributed by atoms with Crippen molar-refractivity contribution >= 4 is 23.2 Å². The standard InChI is InChI=1S/C22H24N2O4/c1-2-27-18-6-8-19(9-7-18)28-14-20(25)23-17-12-15-4-3-11-24-21(26)10-5-16(13-17)22(15)24/h6-9,12-13H,2-5,10-11,14H2,1H3,(H,23,25). The van der Waals surface area contributed by atoms with Crippen molar-refractivity contribution in [2.45, 2.75) is 32.6 Å². The molecule has 2 amide bonds. The molecule has 2 aliphatic rings. The number of benzene rings is 2. The minimum absolute atomic E-state index is 0.0645. The fraction of sp³-hybridized carbons (Fsp3) is 0.364. The molecule has 4 rings (SSSR count). The van der Waals surface area contributed by atoms with E-state index < -0.39 is 0 Å². The van der Waals surface area contributed by atoms with Gasteiger partial charge in [0.2, 0.25) is 5.91 Å². The van der Waals surface area contributed by atoms with Gasteiger partial charge in [0, 0.05) is 18.7 Å². The van der Waals surface area contributed by atoms with Crippen molar-refractivity contribution in [2.24, 2.45) is 0 Å². The molecule has 6 nitrogen and oxygen atoms in total. The summed E-state index contributed by atoms with van der Waals surface area (Å²) >= 11 is 0. The fourth-order valence-electron chi connectivity index (χ4n) is 3.87. The number of hydrogen-bond donors (Lipinski definition) is 1. The predicted molar refractivity (Wildman–Crippen MR) is 107 cm³/mol. The summed E-state index contributed by atoms with van der Waals surface area (Å²) in [5.74, 6) is 1.39. The molecule has 0 saturated heterocycles. The van der Waals surface area contributed by atoms with Gasteiger partial charge in [0.05, 0.1) is 12.3 Å². The molecular weight excluding hydrogens is 356 g/mol. The van der Waals surface area contributed by atoms with E-state index in [1.807, 2.05) is 36.1 Å². The monoisotopic (exact) mass is 380 g/mol. The molecule has 2 heterocycles. The highest BCUT2D eigenvalue weighted by Crippen LogP contribution is 2.37. The van der Waals surface area contributed by atoms with Gasteiger partial charge >= 0.3 is 0 Å². The van der Waals surface area contributed by atoms with Crippen molar-refractivity contribution in [1.29, 1.82) is 0 Å². The van der Waals surface area contributed by atoms with Crippen LogP contribution in [0.25, 0.3) is 0 Å². The SMILES string of the molecule is CCOc1ccc(OCC(=O)Nc2cc3c4c(c2)CCC(=O)N4CCC3)cc1. The van der Waals surface area contributed by atoms with Crippen LogP contribution in [0, 0.1) is 0 Å². The predicted octanol–water partition coefficient (Wildman–Crippen LogP) is 3.33. The third-order valence-electron chi connectivity index (χ3n) is 5.06. The Morgan fingerprint density at radius 3 is 2.43 bits per heavy atom. The molecule has 0 fully saturated rings. The zero-order chi connectivity index (χ0) is 19.5. The average molecular weight is 380 g/mol. The molecule has 0 saturated carbocycles. The highest BCUT2D eigenvalue weighted by atomic mass is 16.5. The van der Waals surface area contributed by atoms with Gasteiger partial charge in [-0.3, -0.25) is 9.59 Å². The van der Waals surface area contributed by atoms with Gasteiger partial charge in [-0.15, -0.1) is 0 Å². The highest BCUT2D eigenvalue weighted by molar-refractivity contribution is 5.99. The highest BCUT2D eigenvalue weighted by Gasteiger charge is 2.29. The molecule has 28 heavy (non-hydrogen) atoms. The minimum atomic E-state index is -0.208. The number of aryl methyl sites for hydroxylation is 2. The van der Waals surface area contributed by atoms with Gasteiger partial charge in [0.1, 0.15) is 11.5 Å². The van der Waals surface area contributed by atoms with Crippen LogP contribution in [0.5, 0.6) is 11.5 Å². The van der Waals surface area contributed by atoms with Crippen LogP contribution >= 0.6 is 0 Å². The Kier molecular flexibility index (Phi) is 5.19. The Morgan fingerprint density at radius 1 is 1.04 bits per heavy atom. The normalized spacial score (nSPS) is 15.0. The topological polar surface area (TPSA) is 67.9 Å². The zero-order valence-corrected chi connectivity index (χ0v) is 16.0. The molecule has 2 aromatic rings. The molecule has 0 unspecified atom stereocenters. The molecule has 0 atom stereocenters. The average Bonchev–Trinajstić information content (AvgIpc) is 2.70. The summed E-state index contributed by atoms with van der Waals surface area (Å²) in [6, 6.07) is 11.2. The maximum Gasteiger partial charge on any atom is 0.262 e. The fourth-order valence-corrected chi connectivity index (χ4v) is 3.87. The van der Waals surface area contributed by atoms with Gasteiger partial charge in [0.25, 0.3) is 5.91 Å². The summed E-state index contributed by atoms with van der Waals surface area (Å²) < 4.78 is 11.0. The molecule has 0 bridgehead atoms. The molecule has 2 aliphatic heterocycles. The van der Waals surface area contributed by atoms with Gasteiger partial charge in [0.15, 0.2) is 6.61 Å². The second-order valence-corrected chi connectivity index (χ2v) is 7.03. The number of nitrogens with zero attached hydrogens (tertiary/aromatic N) is 1. The number of rotatable bonds is 6. The van der Waals surface area contributed by atoms with Crippen LogP contribution in [0.3, 0.4) is 0 Å². The molecule has 0 aliphatic carbocycles. The lowest BCUT2D eigenvalue weighted by atomic mass is 9.91. The summed E-state index contributed by atoms with van der Waals surface area (Å²) in [6.45, 7) is 3.27. The van der Waals surface area contributed by atoms with Gasteiger partial charge in [-0.2, -0.15) is 0 Å². The quantitative estimate of drug-likeness (QED) is 0.835. The minimum Gasteiger partial charge on any atom is -0.494 e. The van der Waals surface area contributed by atoms with Crippen molar-refractivity contribution in [3.8, 4) is 11.5 Å². The Bertz CT molecular complexity index is 875. The number of carbonyl (C=O) groups excluding carboxylic acids is 2. The van der Waals surface area contributed by atoms with Crippen molar-refractivity contribution in [2.75, 3.05) is 30.0 Å². The Labute approximate surface area is 164 Å². The van der Waals surface area contributed by atoms with E-state index in [1.54, 1.807) is 12.1 Å². The largest absolute Gasteiger partial charge is 0.494 e. The third kappa shape index (κ3) is 3.81. The van der Waals surface area contributed by atoms with E-state index in [1.165, 1.54) is 0 Å². The molecular formula is C22H24N2O4. The second kappa shape index (κ2) is 7.92. The van der Waals surface area contributed by atoms with Crippen molar-refractivity contribution in [1.82, 2.24) is 0 Å². The lowest BCUT2D eigenvalue weighted by Gasteiger charge is -2.35. The molecule has 0 aromatic heterocycles. The lowest BCUT2D eigenvalue weighted by molar-refractivity contribution is -0.119. The summed E-state index contributed by atoms with van der Waals surface area (Å²) in [7, 11) is 0. The lowest BCUT2D eigenvalue weighted by Crippen LogP contribution is -2.39. The molecule has 1 N–H and O–H groups in total. The van der Waals surface area contributed by atoms with Crippen LogP contribution in [0.2, 0.25) is 0 Å². The smallest absolute Gasteiger partial charge is 0.262 e. The first-order valence-electron chi connectivity index (χ1n) is 9.75. The van der Waals surface area contributed by atoms with E-state index in [2.05, 4.69) is 5.32 Å². The Hall–Kier alpha value is -3.02. The summed E-state index contributed by atoms with van der Waals surface area (Å²) in [5.41, 5.74) is 4.11. The van der Waals surface area contributed by atoms with Crippen molar-refractivity contribution < 1.29 is 19.1 Å². The van der Waals surface area contributed by atoms with E-state index in [4.69, 9.17) is 9.47 Å². The van der Waals surface area contributed by atoms with Crippen LogP contribution in [-0.4, -0.2) is 31.6 Å². The van der Waals surface area contributed by atoms with Crippen LogP contribution in [-0.2, 0) is 22.4 Å². The van der Waals surface area contributed by atoms with E-state index in [9.17, 15) is 9.59 Å². The number of amides is 2. The van der Waals surface area contributed by atoms with Gasteiger partial charge in [-0.05, 0) is 73.7 Å². The van der Waals surface area contributed by atoms with E-state index >= 15 is 0 Å². The number of nitrogens with one attached hydrogen (secondary N) is 1. The van der Waals surface area contributed by atoms with Crippen molar-refractivity contribution in [3.05, 3.63) is 47.5 Å². The number of ether oxygens (including phenoxy) is 2. The number of anilines is 2. The van der Waals surface area contributed by atoms with Crippen LogP contribution in [0.4, 0.5) is 11.4 Å². The zero-order valence-electron chi connectivity index (χ0n) is 16.0. The Balaban J connectivity index is 1.40.